The quantitative estimate of drug-likeness (QED) is 0.866. The summed E-state index contributed by atoms with van der Waals surface area (Å²) in [5.41, 5.74) is 2.25. The topological polar surface area (TPSA) is 50.4 Å². The van der Waals surface area contributed by atoms with E-state index in [9.17, 15) is 4.79 Å². The molecule has 1 saturated heterocycles. The summed E-state index contributed by atoms with van der Waals surface area (Å²) in [6.45, 7) is 1.20. The monoisotopic (exact) mass is 302 g/mol. The Bertz CT molecular complexity index is 394. The van der Waals surface area contributed by atoms with Crippen LogP contribution in [0.5, 0.6) is 0 Å². The molecule has 19 heavy (non-hydrogen) atoms. The molecule has 2 rings (SSSR count). The molecule has 6 heteroatoms. The fourth-order valence-electron chi connectivity index (χ4n) is 1.80. The van der Waals surface area contributed by atoms with E-state index in [0.29, 0.717) is 13.2 Å². The summed E-state index contributed by atoms with van der Waals surface area (Å²) in [5, 5.41) is 6.10. The first-order valence-corrected chi connectivity index (χ1v) is 7.10. The summed E-state index contributed by atoms with van der Waals surface area (Å²) in [6, 6.07) is 8.04. The molecule has 0 bridgehead atoms. The van der Waals surface area contributed by atoms with Gasteiger partial charge in [0, 0.05) is 25.3 Å². The number of methoxy groups -OCH3 is 1. The van der Waals surface area contributed by atoms with Gasteiger partial charge in [0.2, 0.25) is 5.91 Å². The third kappa shape index (κ3) is 5.03. The molecule has 1 aliphatic rings. The number of carbonyl (C=O) groups is 1. The van der Waals surface area contributed by atoms with E-state index in [1.165, 1.54) is 0 Å². The lowest BCUT2D eigenvalue weighted by atomic mass is 10.1. The lowest BCUT2D eigenvalue weighted by Crippen LogP contribution is -2.41. The van der Waals surface area contributed by atoms with Crippen LogP contribution in [0.15, 0.2) is 24.3 Å². The summed E-state index contributed by atoms with van der Waals surface area (Å²) in [7, 11) is 1.68. The Labute approximate surface area is 124 Å². The Morgan fingerprint density at radius 1 is 1.42 bits per heavy atom. The SMILES string of the molecule is COCc1ccc(CNC(=O)C2CSCN2)cc1.Cl. The van der Waals surface area contributed by atoms with E-state index in [1.54, 1.807) is 18.9 Å². The number of halogens is 1. The third-order valence-corrected chi connectivity index (χ3v) is 3.77. The van der Waals surface area contributed by atoms with Gasteiger partial charge in [0.15, 0.2) is 0 Å². The smallest absolute Gasteiger partial charge is 0.238 e. The maximum atomic E-state index is 11.8. The minimum absolute atomic E-state index is 0. The van der Waals surface area contributed by atoms with Crippen LogP contribution in [0.4, 0.5) is 0 Å². The third-order valence-electron chi connectivity index (χ3n) is 2.83. The number of hydrogen-bond acceptors (Lipinski definition) is 4. The average molecular weight is 303 g/mol. The zero-order chi connectivity index (χ0) is 12.8. The zero-order valence-corrected chi connectivity index (χ0v) is 12.5. The van der Waals surface area contributed by atoms with Crippen LogP contribution in [-0.4, -0.2) is 30.7 Å². The van der Waals surface area contributed by atoms with Gasteiger partial charge in [-0.2, -0.15) is 0 Å². The van der Waals surface area contributed by atoms with Gasteiger partial charge < -0.3 is 10.1 Å². The van der Waals surface area contributed by atoms with Gasteiger partial charge in [-0.15, -0.1) is 24.2 Å². The standard InChI is InChI=1S/C13H18N2O2S.ClH/c1-17-7-11-4-2-10(3-5-11)6-14-13(16)12-8-18-9-15-12;/h2-5,12,15H,6-9H2,1H3,(H,14,16);1H. The number of benzene rings is 1. The predicted octanol–water partition coefficient (Wildman–Crippen LogP) is 1.53. The Morgan fingerprint density at radius 3 is 2.68 bits per heavy atom. The van der Waals surface area contributed by atoms with Crippen molar-refractivity contribution in [1.29, 1.82) is 0 Å². The minimum atomic E-state index is -0.0391. The van der Waals surface area contributed by atoms with Gasteiger partial charge in [-0.1, -0.05) is 24.3 Å². The molecular formula is C13H19ClN2O2S. The van der Waals surface area contributed by atoms with Gasteiger partial charge in [0.1, 0.15) is 0 Å². The summed E-state index contributed by atoms with van der Waals surface area (Å²) < 4.78 is 5.05. The Balaban J connectivity index is 0.00000180. The predicted molar refractivity (Wildman–Crippen MR) is 80.5 cm³/mol. The first kappa shape index (κ1) is 16.3. The molecule has 1 amide bonds. The Morgan fingerprint density at radius 2 is 2.11 bits per heavy atom. The van der Waals surface area contributed by atoms with Crippen molar-refractivity contribution in [2.75, 3.05) is 18.7 Å². The molecule has 0 saturated carbocycles. The van der Waals surface area contributed by atoms with Crippen molar-refractivity contribution in [2.24, 2.45) is 0 Å². The average Bonchev–Trinajstić information content (AvgIpc) is 2.92. The lowest BCUT2D eigenvalue weighted by molar-refractivity contribution is -0.122. The molecule has 1 atom stereocenters. The Kier molecular flexibility index (Phi) is 7.23. The number of carbonyl (C=O) groups excluding carboxylic acids is 1. The number of rotatable bonds is 5. The van der Waals surface area contributed by atoms with Gasteiger partial charge in [-0.3, -0.25) is 10.1 Å². The number of ether oxygens (including phenoxy) is 1. The van der Waals surface area contributed by atoms with E-state index in [-0.39, 0.29) is 24.4 Å². The van der Waals surface area contributed by atoms with E-state index in [1.807, 2.05) is 24.3 Å². The highest BCUT2D eigenvalue weighted by Crippen LogP contribution is 2.10. The van der Waals surface area contributed by atoms with Crippen LogP contribution in [-0.2, 0) is 22.7 Å². The molecular weight excluding hydrogens is 284 g/mol. The van der Waals surface area contributed by atoms with Crippen molar-refractivity contribution >= 4 is 30.1 Å². The van der Waals surface area contributed by atoms with E-state index < -0.39 is 0 Å². The molecule has 0 aliphatic carbocycles. The number of nitrogens with one attached hydrogen (secondary N) is 2. The summed E-state index contributed by atoms with van der Waals surface area (Å²) >= 11 is 1.75. The maximum Gasteiger partial charge on any atom is 0.238 e. The molecule has 0 spiro atoms. The molecule has 106 valence electrons. The van der Waals surface area contributed by atoms with Crippen LogP contribution >= 0.6 is 24.2 Å². The van der Waals surface area contributed by atoms with Gasteiger partial charge in [0.05, 0.1) is 12.6 Å². The maximum absolute atomic E-state index is 11.8. The fraction of sp³-hybridized carbons (Fsp3) is 0.462. The van der Waals surface area contributed by atoms with E-state index in [0.717, 1.165) is 22.8 Å². The minimum Gasteiger partial charge on any atom is -0.380 e. The van der Waals surface area contributed by atoms with Gasteiger partial charge >= 0.3 is 0 Å². The number of thioether (sulfide) groups is 1. The second-order valence-electron chi connectivity index (χ2n) is 4.24. The molecule has 4 nitrogen and oxygen atoms in total. The highest BCUT2D eigenvalue weighted by Gasteiger charge is 2.21. The molecule has 1 aliphatic heterocycles. The molecule has 1 fully saturated rings. The van der Waals surface area contributed by atoms with Crippen molar-refractivity contribution in [2.45, 2.75) is 19.2 Å². The molecule has 1 unspecified atom stereocenters. The Hall–Kier alpha value is -0.750. The van der Waals surface area contributed by atoms with Gasteiger partial charge in [-0.25, -0.2) is 0 Å². The largest absolute Gasteiger partial charge is 0.380 e. The van der Waals surface area contributed by atoms with Crippen LogP contribution in [0.3, 0.4) is 0 Å². The normalized spacial score (nSPS) is 17.8. The second-order valence-corrected chi connectivity index (χ2v) is 5.27. The first-order valence-electron chi connectivity index (χ1n) is 5.95. The summed E-state index contributed by atoms with van der Waals surface area (Å²) in [4.78, 5) is 11.8. The van der Waals surface area contributed by atoms with E-state index in [4.69, 9.17) is 4.74 Å². The summed E-state index contributed by atoms with van der Waals surface area (Å²) in [6.07, 6.45) is 0. The fourth-order valence-corrected chi connectivity index (χ4v) is 2.74. The van der Waals surface area contributed by atoms with Crippen molar-refractivity contribution in [3.8, 4) is 0 Å². The molecule has 0 aromatic heterocycles. The molecule has 1 aromatic rings. The van der Waals surface area contributed by atoms with Gasteiger partial charge in [-0.05, 0) is 11.1 Å². The van der Waals surface area contributed by atoms with Crippen molar-refractivity contribution in [1.82, 2.24) is 10.6 Å². The van der Waals surface area contributed by atoms with Crippen LogP contribution in [0.2, 0.25) is 0 Å². The van der Waals surface area contributed by atoms with Crippen molar-refractivity contribution in [3.63, 3.8) is 0 Å². The molecule has 1 aromatic carbocycles. The second kappa shape index (κ2) is 8.43. The van der Waals surface area contributed by atoms with Gasteiger partial charge in [0.25, 0.3) is 0 Å². The molecule has 0 radical (unpaired) electrons. The number of amides is 1. The van der Waals surface area contributed by atoms with Crippen molar-refractivity contribution in [3.05, 3.63) is 35.4 Å². The highest BCUT2D eigenvalue weighted by molar-refractivity contribution is 7.99. The summed E-state index contributed by atoms with van der Waals surface area (Å²) in [5.74, 6) is 1.81. The molecule has 2 N–H and O–H groups in total. The van der Waals surface area contributed by atoms with Crippen molar-refractivity contribution < 1.29 is 9.53 Å². The van der Waals surface area contributed by atoms with E-state index >= 15 is 0 Å². The number of hydrogen-bond donors (Lipinski definition) is 2. The van der Waals surface area contributed by atoms with Crippen LogP contribution in [0, 0.1) is 0 Å². The lowest BCUT2D eigenvalue weighted by Gasteiger charge is -2.10. The van der Waals surface area contributed by atoms with Crippen LogP contribution in [0.1, 0.15) is 11.1 Å². The van der Waals surface area contributed by atoms with Crippen LogP contribution < -0.4 is 10.6 Å². The first-order chi connectivity index (χ1) is 8.79. The van der Waals surface area contributed by atoms with Crippen LogP contribution in [0.25, 0.3) is 0 Å². The highest BCUT2D eigenvalue weighted by atomic mass is 35.5. The molecule has 1 heterocycles. The zero-order valence-electron chi connectivity index (χ0n) is 10.8. The van der Waals surface area contributed by atoms with E-state index in [2.05, 4.69) is 10.6 Å².